The number of carboxylic acid groups (broad SMARTS) is 1. The number of piperidine rings is 1. The maximum atomic E-state index is 14.4. The van der Waals surface area contributed by atoms with Gasteiger partial charge in [-0.1, -0.05) is 0 Å². The Morgan fingerprint density at radius 3 is 2.53 bits per heavy atom. The molecule has 0 aliphatic carbocycles. The highest BCUT2D eigenvalue weighted by Crippen LogP contribution is 2.29. The van der Waals surface area contributed by atoms with E-state index in [-0.39, 0.29) is 30.0 Å². The highest BCUT2D eigenvalue weighted by molar-refractivity contribution is 5.96. The zero-order valence-corrected chi connectivity index (χ0v) is 25.6. The average molecular weight is 618 g/mol. The molecule has 2 aromatic heterocycles. The molecule has 1 saturated heterocycles. The molecule has 236 valence electrons. The molecular formula is C32H36FN7O5. The summed E-state index contributed by atoms with van der Waals surface area (Å²) >= 11 is 0. The summed E-state index contributed by atoms with van der Waals surface area (Å²) in [6, 6.07) is 9.15. The summed E-state index contributed by atoms with van der Waals surface area (Å²) in [5.74, 6) is -1.67. The number of hydrogen-bond donors (Lipinski definition) is 3. The molecule has 3 N–H and O–H groups in total. The fourth-order valence-corrected chi connectivity index (χ4v) is 5.52. The van der Waals surface area contributed by atoms with E-state index in [1.807, 2.05) is 17.4 Å². The van der Waals surface area contributed by atoms with Crippen LogP contribution < -0.4 is 15.4 Å². The zero-order valence-electron chi connectivity index (χ0n) is 25.6. The van der Waals surface area contributed by atoms with Gasteiger partial charge in [0.2, 0.25) is 5.91 Å². The first kappa shape index (κ1) is 31.4. The van der Waals surface area contributed by atoms with Crippen molar-refractivity contribution in [3.8, 4) is 17.0 Å². The lowest BCUT2D eigenvalue weighted by molar-refractivity contribution is -0.143. The van der Waals surface area contributed by atoms with Crippen LogP contribution in [0.25, 0.3) is 16.9 Å². The van der Waals surface area contributed by atoms with Crippen molar-refractivity contribution >= 4 is 34.9 Å². The molecule has 4 aromatic rings. The number of nitrogens with zero attached hydrogens (tertiary/aromatic N) is 5. The van der Waals surface area contributed by atoms with E-state index in [0.29, 0.717) is 59.9 Å². The molecule has 0 radical (unpaired) electrons. The highest BCUT2D eigenvalue weighted by atomic mass is 19.1. The zero-order chi connectivity index (χ0) is 32.2. The molecule has 2 aromatic carbocycles. The van der Waals surface area contributed by atoms with Crippen molar-refractivity contribution in [3.63, 3.8) is 0 Å². The molecule has 1 fully saturated rings. The number of aliphatic carboxylic acids is 1. The lowest BCUT2D eigenvalue weighted by Gasteiger charge is -2.32. The van der Waals surface area contributed by atoms with E-state index in [2.05, 4.69) is 20.6 Å². The summed E-state index contributed by atoms with van der Waals surface area (Å²) in [4.78, 5) is 50.1. The van der Waals surface area contributed by atoms with Crippen molar-refractivity contribution in [2.45, 2.75) is 25.8 Å². The Hall–Kier alpha value is -5.04. The number of benzene rings is 2. The number of methoxy groups -OCH3 is 1. The minimum absolute atomic E-state index is 0.126. The molecule has 3 heterocycles. The van der Waals surface area contributed by atoms with E-state index in [1.165, 1.54) is 13.2 Å². The van der Waals surface area contributed by atoms with Gasteiger partial charge in [-0.25, -0.2) is 19.2 Å². The quantitative estimate of drug-likeness (QED) is 0.244. The van der Waals surface area contributed by atoms with E-state index in [0.717, 1.165) is 5.56 Å². The summed E-state index contributed by atoms with van der Waals surface area (Å²) in [6.45, 7) is 2.85. The number of likely N-dealkylation sites (tertiary alicyclic amines) is 1. The van der Waals surface area contributed by atoms with Crippen LogP contribution in [0.15, 0.2) is 55.0 Å². The van der Waals surface area contributed by atoms with Crippen LogP contribution in [0.2, 0.25) is 0 Å². The third-order valence-corrected chi connectivity index (χ3v) is 7.91. The number of carbonyl (C=O) groups is 3. The van der Waals surface area contributed by atoms with Gasteiger partial charge in [0.25, 0.3) is 5.91 Å². The monoisotopic (exact) mass is 617 g/mol. The number of fused-ring (bicyclic) bond motifs is 1. The number of amides is 2. The van der Waals surface area contributed by atoms with Gasteiger partial charge in [-0.15, -0.1) is 0 Å². The van der Waals surface area contributed by atoms with Gasteiger partial charge in [-0.2, -0.15) is 0 Å². The minimum Gasteiger partial charge on any atom is -0.494 e. The number of anilines is 2. The average Bonchev–Trinajstić information content (AvgIpc) is 3.45. The number of carboxylic acids is 1. The number of rotatable bonds is 10. The Bertz CT molecular complexity index is 1730. The van der Waals surface area contributed by atoms with Crippen molar-refractivity contribution < 1.29 is 28.6 Å². The first-order valence-corrected chi connectivity index (χ1v) is 14.6. The summed E-state index contributed by atoms with van der Waals surface area (Å²) in [5, 5.41) is 15.3. The SMILES string of the molecule is COc1ccc(-c2cnc3c(Nc4ccc(C(=O)N5CCC(C(=O)NC(CN(C)C)C(=O)O)CC5)c(C)c4)nccn23)cc1F. The standard InChI is InChI=1S/C32H36FN7O5/c1-19-15-22(36-28-29-35-17-26(40(29)14-11-34-28)21-5-8-27(45-4)24(33)16-21)6-7-23(19)31(42)39-12-9-20(10-13-39)30(41)37-25(32(43)44)18-38(2)3/h5-8,11,14-17,20,25H,9-10,12-13,18H2,1-4H3,(H,34,36)(H,37,41)(H,43,44). The van der Waals surface area contributed by atoms with Crippen molar-refractivity contribution in [1.82, 2.24) is 29.5 Å². The maximum absolute atomic E-state index is 14.4. The Kier molecular flexibility index (Phi) is 9.28. The van der Waals surface area contributed by atoms with Crippen molar-refractivity contribution in [2.24, 2.45) is 5.92 Å². The van der Waals surface area contributed by atoms with Crippen molar-refractivity contribution in [1.29, 1.82) is 0 Å². The van der Waals surface area contributed by atoms with Gasteiger partial charge >= 0.3 is 5.97 Å². The molecule has 1 aliphatic rings. The Morgan fingerprint density at radius 2 is 1.89 bits per heavy atom. The fraction of sp³-hybridized carbons (Fsp3) is 0.344. The predicted molar refractivity (Wildman–Crippen MR) is 166 cm³/mol. The van der Waals surface area contributed by atoms with E-state index < -0.39 is 17.8 Å². The molecule has 1 unspecified atom stereocenters. The van der Waals surface area contributed by atoms with Crippen molar-refractivity contribution in [3.05, 3.63) is 71.9 Å². The summed E-state index contributed by atoms with van der Waals surface area (Å²) in [5.41, 5.74) is 3.90. The smallest absolute Gasteiger partial charge is 0.327 e. The first-order valence-electron chi connectivity index (χ1n) is 14.6. The van der Waals surface area contributed by atoms with Crippen LogP contribution in [0, 0.1) is 18.7 Å². The maximum Gasteiger partial charge on any atom is 0.327 e. The van der Waals surface area contributed by atoms with Gasteiger partial charge in [0.15, 0.2) is 23.0 Å². The normalized spacial score (nSPS) is 14.4. The number of nitrogens with one attached hydrogen (secondary N) is 2. The second-order valence-corrected chi connectivity index (χ2v) is 11.3. The van der Waals surface area contributed by atoms with E-state index in [4.69, 9.17) is 4.74 Å². The molecule has 5 rings (SSSR count). The Balaban J connectivity index is 1.24. The molecule has 1 atom stereocenters. The number of halogens is 1. The molecular weight excluding hydrogens is 581 g/mol. The van der Waals surface area contributed by atoms with Gasteiger partial charge in [0.1, 0.15) is 6.04 Å². The van der Waals surface area contributed by atoms with Crippen LogP contribution in [0.4, 0.5) is 15.9 Å². The summed E-state index contributed by atoms with van der Waals surface area (Å²) in [6.07, 6.45) is 5.93. The third-order valence-electron chi connectivity index (χ3n) is 7.91. The summed E-state index contributed by atoms with van der Waals surface area (Å²) in [7, 11) is 4.91. The lowest BCUT2D eigenvalue weighted by Crippen LogP contribution is -2.50. The molecule has 0 bridgehead atoms. The van der Waals surface area contributed by atoms with Crippen LogP contribution in [-0.2, 0) is 9.59 Å². The number of ether oxygens (including phenoxy) is 1. The fourth-order valence-electron chi connectivity index (χ4n) is 5.52. The number of carbonyl (C=O) groups excluding carboxylic acids is 2. The first-order chi connectivity index (χ1) is 21.5. The molecule has 0 saturated carbocycles. The molecule has 13 heteroatoms. The second-order valence-electron chi connectivity index (χ2n) is 11.3. The predicted octanol–water partition coefficient (Wildman–Crippen LogP) is 3.58. The highest BCUT2D eigenvalue weighted by Gasteiger charge is 2.31. The number of imidazole rings is 1. The Labute approximate surface area is 259 Å². The van der Waals surface area contributed by atoms with Crippen LogP contribution in [0.5, 0.6) is 5.75 Å². The van der Waals surface area contributed by atoms with Gasteiger partial charge in [0, 0.05) is 54.8 Å². The topological polar surface area (TPSA) is 141 Å². The van der Waals surface area contributed by atoms with Crippen LogP contribution in [0.1, 0.15) is 28.8 Å². The van der Waals surface area contributed by atoms with E-state index in [1.54, 1.807) is 66.8 Å². The molecule has 45 heavy (non-hydrogen) atoms. The molecule has 0 spiro atoms. The lowest BCUT2D eigenvalue weighted by atomic mass is 9.94. The van der Waals surface area contributed by atoms with Gasteiger partial charge in [-0.3, -0.25) is 14.0 Å². The minimum atomic E-state index is -1.08. The number of hydrogen-bond acceptors (Lipinski definition) is 8. The second kappa shape index (κ2) is 13.3. The van der Waals surface area contributed by atoms with Crippen LogP contribution in [0.3, 0.4) is 0 Å². The largest absolute Gasteiger partial charge is 0.494 e. The number of aryl methyl sites for hydroxylation is 1. The third kappa shape index (κ3) is 6.88. The van der Waals surface area contributed by atoms with Crippen LogP contribution in [-0.4, -0.2) is 93.9 Å². The number of aromatic nitrogens is 3. The molecule has 12 nitrogen and oxygen atoms in total. The molecule has 1 aliphatic heterocycles. The van der Waals surface area contributed by atoms with Gasteiger partial charge < -0.3 is 30.3 Å². The van der Waals surface area contributed by atoms with Gasteiger partial charge in [0.05, 0.1) is 19.0 Å². The molecule has 2 amide bonds. The van der Waals surface area contributed by atoms with E-state index >= 15 is 0 Å². The van der Waals surface area contributed by atoms with Crippen molar-refractivity contribution in [2.75, 3.05) is 46.2 Å². The van der Waals surface area contributed by atoms with E-state index in [9.17, 15) is 23.9 Å². The van der Waals surface area contributed by atoms with Gasteiger partial charge in [-0.05, 0) is 75.8 Å². The summed E-state index contributed by atoms with van der Waals surface area (Å²) < 4.78 is 21.2. The van der Waals surface area contributed by atoms with Crippen LogP contribution >= 0.6 is 0 Å². The Morgan fingerprint density at radius 1 is 1.13 bits per heavy atom. The number of likely N-dealkylation sites (N-methyl/N-ethyl adjacent to an activating group) is 1.